The maximum Gasteiger partial charge on any atom is 0.148 e. The summed E-state index contributed by atoms with van der Waals surface area (Å²) in [6.45, 7) is 6.85. The molecule has 0 aliphatic rings. The zero-order valence-electron chi connectivity index (χ0n) is 11.9. The molecule has 102 valence electrons. The summed E-state index contributed by atoms with van der Waals surface area (Å²) in [4.78, 5) is 4.28. The molecule has 0 aliphatic carbocycles. The number of anilines is 2. The zero-order chi connectivity index (χ0) is 14.0. The quantitative estimate of drug-likeness (QED) is 0.885. The van der Waals surface area contributed by atoms with Crippen molar-refractivity contribution in [3.63, 3.8) is 0 Å². The van der Waals surface area contributed by atoms with Crippen LogP contribution in [-0.4, -0.2) is 14.8 Å². The summed E-state index contributed by atoms with van der Waals surface area (Å²) in [7, 11) is 1.90. The van der Waals surface area contributed by atoms with Gasteiger partial charge in [0.15, 0.2) is 0 Å². The predicted molar refractivity (Wildman–Crippen MR) is 78.0 cm³/mol. The van der Waals surface area contributed by atoms with E-state index in [2.05, 4.69) is 35.3 Å². The van der Waals surface area contributed by atoms with Crippen molar-refractivity contribution < 1.29 is 0 Å². The molecule has 5 heteroatoms. The number of rotatable bonds is 4. The van der Waals surface area contributed by atoms with Crippen molar-refractivity contribution in [1.29, 1.82) is 0 Å². The lowest BCUT2D eigenvalue weighted by Gasteiger charge is -2.08. The Morgan fingerprint density at radius 3 is 2.63 bits per heavy atom. The fourth-order valence-corrected chi connectivity index (χ4v) is 1.99. The van der Waals surface area contributed by atoms with Crippen molar-refractivity contribution in [2.24, 2.45) is 7.05 Å². The van der Waals surface area contributed by atoms with Gasteiger partial charge in [0.05, 0.1) is 11.4 Å². The molecule has 2 aromatic heterocycles. The minimum Gasteiger partial charge on any atom is -0.394 e. The largest absolute Gasteiger partial charge is 0.394 e. The van der Waals surface area contributed by atoms with Gasteiger partial charge < -0.3 is 11.1 Å². The van der Waals surface area contributed by atoms with E-state index in [1.54, 1.807) is 4.68 Å². The molecule has 0 unspecified atom stereocenters. The third-order valence-corrected chi connectivity index (χ3v) is 3.09. The summed E-state index contributed by atoms with van der Waals surface area (Å²) in [5, 5.41) is 7.78. The lowest BCUT2D eigenvalue weighted by Crippen LogP contribution is -2.06. The first-order valence-electron chi connectivity index (χ1n) is 6.46. The number of hydrogen-bond donors (Lipinski definition) is 2. The molecule has 3 N–H and O–H groups in total. The van der Waals surface area contributed by atoms with Crippen LogP contribution in [-0.2, 0) is 13.6 Å². The summed E-state index contributed by atoms with van der Waals surface area (Å²) < 4.78 is 1.80. The summed E-state index contributed by atoms with van der Waals surface area (Å²) in [5.74, 6) is 1.19. The minimum absolute atomic E-state index is 0.322. The summed E-state index contributed by atoms with van der Waals surface area (Å²) in [5.41, 5.74) is 9.94. The molecule has 2 aromatic rings. The highest BCUT2D eigenvalue weighted by molar-refractivity contribution is 5.65. The number of aromatic nitrogens is 3. The smallest absolute Gasteiger partial charge is 0.148 e. The van der Waals surface area contributed by atoms with Crippen LogP contribution in [0.1, 0.15) is 36.7 Å². The lowest BCUT2D eigenvalue weighted by atomic mass is 10.1. The number of nitrogen functional groups attached to an aromatic ring is 1. The molecule has 2 rings (SSSR count). The molecule has 0 spiro atoms. The number of aryl methyl sites for hydroxylation is 2. The van der Waals surface area contributed by atoms with Gasteiger partial charge in [-0.15, -0.1) is 0 Å². The Morgan fingerprint density at radius 2 is 2.11 bits per heavy atom. The van der Waals surface area contributed by atoms with Gasteiger partial charge in [-0.05, 0) is 24.5 Å². The molecule has 0 aromatic carbocycles. The van der Waals surface area contributed by atoms with Crippen molar-refractivity contribution in [3.05, 3.63) is 35.3 Å². The second-order valence-corrected chi connectivity index (χ2v) is 5.09. The van der Waals surface area contributed by atoms with Gasteiger partial charge in [-0.2, -0.15) is 5.10 Å². The number of hydrogen-bond acceptors (Lipinski definition) is 4. The van der Waals surface area contributed by atoms with Crippen molar-refractivity contribution in [1.82, 2.24) is 14.8 Å². The van der Waals surface area contributed by atoms with Crippen LogP contribution in [0.3, 0.4) is 0 Å². The first kappa shape index (κ1) is 13.4. The van der Waals surface area contributed by atoms with E-state index in [9.17, 15) is 0 Å². The zero-order valence-corrected chi connectivity index (χ0v) is 11.9. The van der Waals surface area contributed by atoms with Crippen LogP contribution in [0, 0.1) is 6.92 Å². The Kier molecular flexibility index (Phi) is 3.74. The van der Waals surface area contributed by atoms with Gasteiger partial charge in [-0.3, -0.25) is 9.67 Å². The van der Waals surface area contributed by atoms with E-state index in [1.165, 1.54) is 0 Å². The molecule has 0 aliphatic heterocycles. The van der Waals surface area contributed by atoms with Crippen LogP contribution in [0.4, 0.5) is 11.5 Å². The number of pyridine rings is 1. The molecule has 0 saturated heterocycles. The standard InChI is InChI=1S/C14H21N5/c1-9(2)13-12(15)14(19(4)18-13)17-8-11-6-5-10(3)16-7-11/h5-7,9,17H,8,15H2,1-4H3. The summed E-state index contributed by atoms with van der Waals surface area (Å²) in [6, 6.07) is 4.06. The van der Waals surface area contributed by atoms with E-state index >= 15 is 0 Å². The molecule has 0 radical (unpaired) electrons. The second-order valence-electron chi connectivity index (χ2n) is 5.09. The molecule has 19 heavy (non-hydrogen) atoms. The molecule has 2 heterocycles. The maximum absolute atomic E-state index is 6.13. The Hall–Kier alpha value is -2.04. The molecule has 5 nitrogen and oxygen atoms in total. The molecule has 0 amide bonds. The van der Waals surface area contributed by atoms with Crippen molar-refractivity contribution >= 4 is 11.5 Å². The van der Waals surface area contributed by atoms with Crippen LogP contribution in [0.5, 0.6) is 0 Å². The van der Waals surface area contributed by atoms with Crippen molar-refractivity contribution in [3.8, 4) is 0 Å². The van der Waals surface area contributed by atoms with E-state index in [-0.39, 0.29) is 0 Å². The molecule has 0 fully saturated rings. The minimum atomic E-state index is 0.322. The molecule has 0 saturated carbocycles. The topological polar surface area (TPSA) is 68.8 Å². The Morgan fingerprint density at radius 1 is 1.37 bits per heavy atom. The highest BCUT2D eigenvalue weighted by Gasteiger charge is 2.15. The monoisotopic (exact) mass is 259 g/mol. The lowest BCUT2D eigenvalue weighted by molar-refractivity contribution is 0.715. The Bertz CT molecular complexity index is 554. The SMILES string of the molecule is Cc1ccc(CNc2c(N)c(C(C)C)nn2C)cn1. The summed E-state index contributed by atoms with van der Waals surface area (Å²) >= 11 is 0. The third-order valence-electron chi connectivity index (χ3n) is 3.09. The van der Waals surface area contributed by atoms with Gasteiger partial charge in [0.1, 0.15) is 5.82 Å². The molecule has 0 bridgehead atoms. The molecule has 0 atom stereocenters. The first-order chi connectivity index (χ1) is 8.99. The Balaban J connectivity index is 2.13. The van der Waals surface area contributed by atoms with E-state index in [0.717, 1.165) is 28.5 Å². The van der Waals surface area contributed by atoms with Crippen LogP contribution < -0.4 is 11.1 Å². The van der Waals surface area contributed by atoms with Crippen molar-refractivity contribution in [2.75, 3.05) is 11.1 Å². The highest BCUT2D eigenvalue weighted by Crippen LogP contribution is 2.27. The molecular formula is C14H21N5. The van der Waals surface area contributed by atoms with Crippen molar-refractivity contribution in [2.45, 2.75) is 33.2 Å². The average molecular weight is 259 g/mol. The normalized spacial score (nSPS) is 11.0. The summed E-state index contributed by atoms with van der Waals surface area (Å²) in [6.07, 6.45) is 1.87. The fourth-order valence-electron chi connectivity index (χ4n) is 1.99. The van der Waals surface area contributed by atoms with Gasteiger partial charge in [-0.1, -0.05) is 19.9 Å². The molecular weight excluding hydrogens is 238 g/mol. The van der Waals surface area contributed by atoms with Crippen LogP contribution >= 0.6 is 0 Å². The first-order valence-corrected chi connectivity index (χ1v) is 6.46. The van der Waals surface area contributed by atoms with Crippen LogP contribution in [0.2, 0.25) is 0 Å². The van der Waals surface area contributed by atoms with Crippen LogP contribution in [0.15, 0.2) is 18.3 Å². The number of nitrogens with two attached hydrogens (primary N) is 1. The Labute approximate surface area is 113 Å². The van der Waals surface area contributed by atoms with Gasteiger partial charge in [0, 0.05) is 25.5 Å². The highest BCUT2D eigenvalue weighted by atomic mass is 15.3. The predicted octanol–water partition coefficient (Wildman–Crippen LogP) is 2.44. The third kappa shape index (κ3) is 2.86. The van der Waals surface area contributed by atoms with Gasteiger partial charge in [-0.25, -0.2) is 0 Å². The van der Waals surface area contributed by atoms with Gasteiger partial charge in [0.2, 0.25) is 0 Å². The van der Waals surface area contributed by atoms with Gasteiger partial charge >= 0.3 is 0 Å². The average Bonchev–Trinajstić information content (AvgIpc) is 2.65. The van der Waals surface area contributed by atoms with E-state index in [4.69, 9.17) is 5.73 Å². The van der Waals surface area contributed by atoms with Crippen LogP contribution in [0.25, 0.3) is 0 Å². The second kappa shape index (κ2) is 5.30. The van der Waals surface area contributed by atoms with E-state index in [1.807, 2.05) is 26.2 Å². The fraction of sp³-hybridized carbons (Fsp3) is 0.429. The van der Waals surface area contributed by atoms with Gasteiger partial charge in [0.25, 0.3) is 0 Å². The number of nitrogens with one attached hydrogen (secondary N) is 1. The number of nitrogens with zero attached hydrogens (tertiary/aromatic N) is 3. The van der Waals surface area contributed by atoms with E-state index < -0.39 is 0 Å². The maximum atomic E-state index is 6.13. The van der Waals surface area contributed by atoms with E-state index in [0.29, 0.717) is 12.5 Å².